The normalized spacial score (nSPS) is 24.1. The first-order chi connectivity index (χ1) is 24.4. The van der Waals surface area contributed by atoms with Gasteiger partial charge in [-0.25, -0.2) is 9.18 Å². The zero-order valence-electron chi connectivity index (χ0n) is 30.1. The molecule has 4 aliphatic heterocycles. The van der Waals surface area contributed by atoms with Crippen molar-refractivity contribution in [2.45, 2.75) is 90.1 Å². The SMILES string of the molecule is Cc1cc(-c2c(Cl)cc3c(N4CC5CCC(C4)N5C(=O)OC(C)(C)C)nc(OC[C@H](C)CN4C5CCC4COC5)nc3c2F)c2ccccc2c1. The van der Waals surface area contributed by atoms with E-state index in [0.717, 1.165) is 54.5 Å². The van der Waals surface area contributed by atoms with Gasteiger partial charge in [-0.3, -0.25) is 9.80 Å². The topological polar surface area (TPSA) is 80.3 Å². The van der Waals surface area contributed by atoms with Gasteiger partial charge < -0.3 is 19.1 Å². The zero-order chi connectivity index (χ0) is 35.6. The molecule has 3 aromatic carbocycles. The number of morpholine rings is 1. The number of piperazine rings is 1. The second-order valence-electron chi connectivity index (χ2n) is 16.0. The molecule has 5 heterocycles. The molecule has 5 atom stereocenters. The Labute approximate surface area is 304 Å². The van der Waals surface area contributed by atoms with E-state index >= 15 is 4.39 Å². The Hall–Kier alpha value is -3.73. The minimum atomic E-state index is -0.587. The van der Waals surface area contributed by atoms with Crippen LogP contribution in [0.25, 0.3) is 32.8 Å². The van der Waals surface area contributed by atoms with E-state index in [1.54, 1.807) is 6.07 Å². The molecule has 4 aromatic rings. The first kappa shape index (κ1) is 34.4. The summed E-state index contributed by atoms with van der Waals surface area (Å²) in [7, 11) is 0. The minimum Gasteiger partial charge on any atom is -0.463 e. The maximum atomic E-state index is 17.2. The third-order valence-corrected chi connectivity index (χ3v) is 11.2. The summed E-state index contributed by atoms with van der Waals surface area (Å²) in [5, 5.41) is 2.73. The monoisotopic (exact) mass is 715 g/mol. The van der Waals surface area contributed by atoms with Crippen LogP contribution in [0, 0.1) is 18.7 Å². The van der Waals surface area contributed by atoms with Gasteiger partial charge in [0.05, 0.1) is 36.9 Å². The highest BCUT2D eigenvalue weighted by molar-refractivity contribution is 6.35. The minimum absolute atomic E-state index is 0.0600. The van der Waals surface area contributed by atoms with E-state index < -0.39 is 11.4 Å². The molecule has 0 radical (unpaired) electrons. The third-order valence-electron chi connectivity index (χ3n) is 10.9. The number of aryl methyl sites for hydroxylation is 1. The van der Waals surface area contributed by atoms with Gasteiger partial charge in [0.1, 0.15) is 16.9 Å². The Kier molecular flexibility index (Phi) is 9.00. The lowest BCUT2D eigenvalue weighted by Crippen LogP contribution is -2.57. The fraction of sp³-hybridized carbons (Fsp3) is 0.525. The molecular formula is C40H47ClFN5O4. The second kappa shape index (κ2) is 13.4. The number of carbonyl (C=O) groups excluding carboxylic acids is 1. The third kappa shape index (κ3) is 6.59. The number of hydrogen-bond donors (Lipinski definition) is 0. The van der Waals surface area contributed by atoms with Crippen LogP contribution in [-0.4, -0.2) is 95.1 Å². The molecule has 0 aliphatic carbocycles. The van der Waals surface area contributed by atoms with Gasteiger partial charge in [0.25, 0.3) is 0 Å². The average molecular weight is 716 g/mol. The Balaban J connectivity index is 1.16. The van der Waals surface area contributed by atoms with Crippen LogP contribution < -0.4 is 9.64 Å². The summed E-state index contributed by atoms with van der Waals surface area (Å²) in [5.74, 6) is 0.262. The van der Waals surface area contributed by atoms with Crippen LogP contribution in [0.1, 0.15) is 58.9 Å². The summed E-state index contributed by atoms with van der Waals surface area (Å²) < 4.78 is 35.1. The number of aromatic nitrogens is 2. The van der Waals surface area contributed by atoms with Gasteiger partial charge in [-0.2, -0.15) is 9.97 Å². The number of hydrogen-bond acceptors (Lipinski definition) is 8. The number of benzene rings is 3. The predicted octanol–water partition coefficient (Wildman–Crippen LogP) is 8.02. The summed E-state index contributed by atoms with van der Waals surface area (Å²) in [6.07, 6.45) is 3.75. The lowest BCUT2D eigenvalue weighted by molar-refractivity contribution is -0.0229. The van der Waals surface area contributed by atoms with Crippen LogP contribution in [0.2, 0.25) is 5.02 Å². The number of nitrogens with zero attached hydrogens (tertiary/aromatic N) is 5. The highest BCUT2D eigenvalue weighted by atomic mass is 35.5. The van der Waals surface area contributed by atoms with Gasteiger partial charge in [0.15, 0.2) is 5.82 Å². The van der Waals surface area contributed by atoms with E-state index in [0.29, 0.717) is 53.6 Å². The molecule has 0 N–H and O–H groups in total. The lowest BCUT2D eigenvalue weighted by Gasteiger charge is -2.42. The molecule has 8 rings (SSSR count). The number of carbonyl (C=O) groups is 1. The fourth-order valence-electron chi connectivity index (χ4n) is 8.71. The van der Waals surface area contributed by atoms with E-state index in [1.165, 1.54) is 12.8 Å². The zero-order valence-corrected chi connectivity index (χ0v) is 30.9. The molecule has 51 heavy (non-hydrogen) atoms. The van der Waals surface area contributed by atoms with Crippen LogP contribution in [0.3, 0.4) is 0 Å². The molecule has 4 bridgehead atoms. The number of halogens is 2. The van der Waals surface area contributed by atoms with E-state index in [4.69, 9.17) is 35.8 Å². The fourth-order valence-corrected chi connectivity index (χ4v) is 9.00. The first-order valence-electron chi connectivity index (χ1n) is 18.4. The highest BCUT2D eigenvalue weighted by Gasteiger charge is 2.45. The van der Waals surface area contributed by atoms with Gasteiger partial charge in [-0.1, -0.05) is 54.9 Å². The lowest BCUT2D eigenvalue weighted by atomic mass is 9.94. The van der Waals surface area contributed by atoms with Crippen molar-refractivity contribution in [1.29, 1.82) is 0 Å². The summed E-state index contributed by atoms with van der Waals surface area (Å²) in [4.78, 5) is 29.6. The molecular weight excluding hydrogens is 669 g/mol. The molecule has 9 nitrogen and oxygen atoms in total. The molecule has 4 saturated heterocycles. The molecule has 11 heteroatoms. The van der Waals surface area contributed by atoms with Gasteiger partial charge in [0.2, 0.25) is 0 Å². The summed E-state index contributed by atoms with van der Waals surface area (Å²) in [6.45, 7) is 13.7. The Morgan fingerprint density at radius 1 is 1.00 bits per heavy atom. The van der Waals surface area contributed by atoms with Crippen molar-refractivity contribution in [2.24, 2.45) is 5.92 Å². The molecule has 1 aromatic heterocycles. The summed E-state index contributed by atoms with van der Waals surface area (Å²) in [6, 6.07) is 14.7. The molecule has 4 fully saturated rings. The molecule has 4 aliphatic rings. The van der Waals surface area contributed by atoms with Crippen molar-refractivity contribution in [3.8, 4) is 17.1 Å². The number of ether oxygens (including phenoxy) is 3. The largest absolute Gasteiger partial charge is 0.463 e. The molecule has 0 spiro atoms. The van der Waals surface area contributed by atoms with Crippen molar-refractivity contribution in [3.05, 3.63) is 58.9 Å². The van der Waals surface area contributed by atoms with E-state index in [-0.39, 0.29) is 35.6 Å². The van der Waals surface area contributed by atoms with Crippen LogP contribution in [-0.2, 0) is 9.47 Å². The van der Waals surface area contributed by atoms with Crippen molar-refractivity contribution in [2.75, 3.05) is 44.4 Å². The molecule has 1 amide bonds. The maximum absolute atomic E-state index is 17.2. The first-order valence-corrected chi connectivity index (χ1v) is 18.7. The second-order valence-corrected chi connectivity index (χ2v) is 16.4. The molecule has 270 valence electrons. The smallest absolute Gasteiger partial charge is 0.410 e. The van der Waals surface area contributed by atoms with Gasteiger partial charge in [0, 0.05) is 48.6 Å². The van der Waals surface area contributed by atoms with Crippen LogP contribution in [0.5, 0.6) is 6.01 Å². The Morgan fingerprint density at radius 2 is 1.69 bits per heavy atom. The standard InChI is InChI=1S/C40H47ClFN5O4/c1-23-14-25-8-6-7-9-30(25)31(15-23)34-33(41)16-32-36(35(34)42)43-38(50-20-24(2)17-46-28-12-13-29(46)22-49-21-28)44-37(32)45-18-26-10-11-27(19-45)47(26)39(48)51-40(3,4)5/h6-9,14-16,24,26-29H,10-13,17-22H2,1-5H3/t24-,26?,27?,28?,29?/m1/s1. The summed E-state index contributed by atoms with van der Waals surface area (Å²) >= 11 is 7.04. The van der Waals surface area contributed by atoms with Gasteiger partial charge >= 0.3 is 12.1 Å². The number of rotatable bonds is 7. The predicted molar refractivity (Wildman–Crippen MR) is 198 cm³/mol. The van der Waals surface area contributed by atoms with E-state index in [1.807, 2.05) is 62.9 Å². The van der Waals surface area contributed by atoms with E-state index in [9.17, 15) is 4.79 Å². The average Bonchev–Trinajstić information content (AvgIpc) is 3.45. The highest BCUT2D eigenvalue weighted by Crippen LogP contribution is 2.43. The van der Waals surface area contributed by atoms with Crippen molar-refractivity contribution in [1.82, 2.24) is 19.8 Å². The van der Waals surface area contributed by atoms with Crippen LogP contribution in [0.15, 0.2) is 42.5 Å². The Morgan fingerprint density at radius 3 is 2.39 bits per heavy atom. The van der Waals surface area contributed by atoms with E-state index in [2.05, 4.69) is 22.8 Å². The Bertz CT molecular complexity index is 1960. The van der Waals surface area contributed by atoms with Crippen molar-refractivity contribution in [3.63, 3.8) is 0 Å². The molecule has 0 saturated carbocycles. The number of amides is 1. The molecule has 4 unspecified atom stereocenters. The van der Waals surface area contributed by atoms with Gasteiger partial charge in [-0.05, 0) is 81.3 Å². The summed E-state index contributed by atoms with van der Waals surface area (Å²) in [5.41, 5.74) is 1.62. The van der Waals surface area contributed by atoms with Crippen LogP contribution >= 0.6 is 11.6 Å². The van der Waals surface area contributed by atoms with Gasteiger partial charge in [-0.15, -0.1) is 0 Å². The van der Waals surface area contributed by atoms with Crippen LogP contribution in [0.4, 0.5) is 15.0 Å². The van der Waals surface area contributed by atoms with Crippen molar-refractivity contribution >= 4 is 45.2 Å². The number of fused-ring (bicyclic) bond motifs is 6. The number of anilines is 1. The van der Waals surface area contributed by atoms with Crippen molar-refractivity contribution < 1.29 is 23.4 Å². The maximum Gasteiger partial charge on any atom is 0.410 e. The quantitative estimate of drug-likeness (QED) is 0.190.